The van der Waals surface area contributed by atoms with Gasteiger partial charge in [0.15, 0.2) is 5.75 Å². The average molecular weight is 527 g/mol. The van der Waals surface area contributed by atoms with Crippen LogP contribution < -0.4 is 20.1 Å². The van der Waals surface area contributed by atoms with Gasteiger partial charge in [-0.15, -0.1) is 0 Å². The average Bonchev–Trinajstić information content (AvgIpc) is 3.15. The maximum Gasteiger partial charge on any atom is 0.272 e. The molecule has 3 aromatic rings. The highest BCUT2D eigenvalue weighted by Gasteiger charge is 2.24. The molecule has 0 radical (unpaired) electrons. The number of piperidine rings is 1. The molecule has 2 aromatic carbocycles. The number of benzene rings is 2. The number of anilines is 2. The smallest absolute Gasteiger partial charge is 0.272 e. The SMILES string of the molecule is COc1c(NC(=O)c2cc3cccc(CC4CCNCC4)c3n2C)cc(C(C)(C)C)cc1NS(C)(=O)=O. The highest BCUT2D eigenvalue weighted by atomic mass is 32.2. The first-order valence-corrected chi connectivity index (χ1v) is 14.6. The van der Waals surface area contributed by atoms with Gasteiger partial charge in [0.1, 0.15) is 5.69 Å². The van der Waals surface area contributed by atoms with Crippen LogP contribution in [0.3, 0.4) is 0 Å². The van der Waals surface area contributed by atoms with Crippen LogP contribution in [0.4, 0.5) is 11.4 Å². The number of aromatic nitrogens is 1. The zero-order valence-electron chi connectivity index (χ0n) is 22.6. The van der Waals surface area contributed by atoms with E-state index in [0.717, 1.165) is 55.1 Å². The van der Waals surface area contributed by atoms with Crippen LogP contribution in [0, 0.1) is 5.92 Å². The van der Waals surface area contributed by atoms with Gasteiger partial charge in [-0.2, -0.15) is 0 Å². The van der Waals surface area contributed by atoms with Crippen LogP contribution in [0.15, 0.2) is 36.4 Å². The molecule has 9 heteroatoms. The van der Waals surface area contributed by atoms with E-state index in [2.05, 4.69) is 27.5 Å². The summed E-state index contributed by atoms with van der Waals surface area (Å²) < 4.78 is 34.1. The molecule has 37 heavy (non-hydrogen) atoms. The van der Waals surface area contributed by atoms with Crippen LogP contribution in [-0.2, 0) is 28.9 Å². The quantitative estimate of drug-likeness (QED) is 0.416. The molecule has 3 N–H and O–H groups in total. The monoisotopic (exact) mass is 526 g/mol. The number of nitrogens with one attached hydrogen (secondary N) is 3. The molecule has 0 aliphatic carbocycles. The van der Waals surface area contributed by atoms with Gasteiger partial charge >= 0.3 is 0 Å². The number of sulfonamides is 1. The van der Waals surface area contributed by atoms with E-state index in [1.54, 1.807) is 6.07 Å². The first-order chi connectivity index (χ1) is 17.4. The van der Waals surface area contributed by atoms with Crippen molar-refractivity contribution in [2.75, 3.05) is 36.5 Å². The number of nitrogens with zero attached hydrogens (tertiary/aromatic N) is 1. The predicted molar refractivity (Wildman–Crippen MR) is 150 cm³/mol. The molecule has 0 spiro atoms. The van der Waals surface area contributed by atoms with Crippen molar-refractivity contribution in [1.29, 1.82) is 0 Å². The predicted octanol–water partition coefficient (Wildman–Crippen LogP) is 4.65. The van der Waals surface area contributed by atoms with Crippen LogP contribution >= 0.6 is 0 Å². The van der Waals surface area contributed by atoms with E-state index in [-0.39, 0.29) is 22.8 Å². The van der Waals surface area contributed by atoms with Gasteiger partial charge in [-0.1, -0.05) is 39.0 Å². The summed E-state index contributed by atoms with van der Waals surface area (Å²) >= 11 is 0. The van der Waals surface area contributed by atoms with Gasteiger partial charge < -0.3 is 19.9 Å². The van der Waals surface area contributed by atoms with Crippen molar-refractivity contribution in [2.45, 2.75) is 45.4 Å². The van der Waals surface area contributed by atoms with E-state index in [4.69, 9.17) is 4.74 Å². The van der Waals surface area contributed by atoms with Crippen molar-refractivity contribution in [3.05, 3.63) is 53.2 Å². The summed E-state index contributed by atoms with van der Waals surface area (Å²) in [4.78, 5) is 13.6. The van der Waals surface area contributed by atoms with Gasteiger partial charge in [-0.05, 0) is 73.0 Å². The Labute approximate surface area is 219 Å². The van der Waals surface area contributed by atoms with E-state index in [9.17, 15) is 13.2 Å². The summed E-state index contributed by atoms with van der Waals surface area (Å²) in [6, 6.07) is 11.7. The number of amides is 1. The number of carbonyl (C=O) groups is 1. The molecule has 200 valence electrons. The number of aryl methyl sites for hydroxylation is 1. The number of carbonyl (C=O) groups excluding carboxylic acids is 1. The summed E-state index contributed by atoms with van der Waals surface area (Å²) in [6.07, 6.45) is 4.38. The number of rotatable bonds is 7. The van der Waals surface area contributed by atoms with E-state index in [1.807, 2.05) is 50.6 Å². The van der Waals surface area contributed by atoms with Gasteiger partial charge in [0.25, 0.3) is 5.91 Å². The van der Waals surface area contributed by atoms with Crippen molar-refractivity contribution in [3.8, 4) is 5.75 Å². The highest BCUT2D eigenvalue weighted by Crippen LogP contribution is 2.39. The van der Waals surface area contributed by atoms with Crippen LogP contribution in [0.1, 0.15) is 55.2 Å². The zero-order chi connectivity index (χ0) is 27.0. The molecular weight excluding hydrogens is 488 g/mol. The van der Waals surface area contributed by atoms with Gasteiger partial charge in [0.05, 0.1) is 30.3 Å². The van der Waals surface area contributed by atoms with Crippen LogP contribution in [0.2, 0.25) is 0 Å². The Kier molecular flexibility index (Phi) is 7.57. The topological polar surface area (TPSA) is 101 Å². The zero-order valence-corrected chi connectivity index (χ0v) is 23.4. The molecule has 0 unspecified atom stereocenters. The summed E-state index contributed by atoms with van der Waals surface area (Å²) in [6.45, 7) is 8.18. The van der Waals surface area contributed by atoms with E-state index >= 15 is 0 Å². The van der Waals surface area contributed by atoms with E-state index in [0.29, 0.717) is 17.3 Å². The van der Waals surface area contributed by atoms with E-state index in [1.165, 1.54) is 12.7 Å². The standard InChI is InChI=1S/C28H38N4O4S/c1-28(2,3)21-16-22(26(36-5)23(17-21)31-37(6,34)35)30-27(33)24-15-20-9-7-8-19(25(20)32(24)4)14-18-10-12-29-13-11-18/h7-9,15-18,29,31H,10-14H2,1-6H3,(H,30,33). The molecular formula is C28H38N4O4S. The molecule has 0 bridgehead atoms. The van der Waals surface area contributed by atoms with E-state index < -0.39 is 10.0 Å². The van der Waals surface area contributed by atoms with Gasteiger partial charge in [-0.25, -0.2) is 8.42 Å². The maximum atomic E-state index is 13.6. The lowest BCUT2D eigenvalue weighted by atomic mass is 9.86. The molecule has 4 rings (SSSR count). The minimum Gasteiger partial charge on any atom is -0.492 e. The Morgan fingerprint density at radius 1 is 1.14 bits per heavy atom. The van der Waals surface area contributed by atoms with Crippen molar-refractivity contribution in [3.63, 3.8) is 0 Å². The molecule has 1 aromatic heterocycles. The maximum absolute atomic E-state index is 13.6. The van der Waals surface area contributed by atoms with Crippen LogP contribution in [-0.4, -0.2) is 45.3 Å². The number of fused-ring (bicyclic) bond motifs is 1. The minimum atomic E-state index is -3.56. The minimum absolute atomic E-state index is 0.261. The fourth-order valence-electron chi connectivity index (χ4n) is 5.12. The Morgan fingerprint density at radius 2 is 1.81 bits per heavy atom. The third-order valence-corrected chi connectivity index (χ3v) is 7.63. The molecule has 1 aliphatic rings. The Morgan fingerprint density at radius 3 is 2.43 bits per heavy atom. The van der Waals surface area contributed by atoms with Crippen LogP contribution in [0.5, 0.6) is 5.75 Å². The molecule has 8 nitrogen and oxygen atoms in total. The van der Waals surface area contributed by atoms with Gasteiger partial charge in [0, 0.05) is 12.4 Å². The third kappa shape index (κ3) is 6.10. The summed E-state index contributed by atoms with van der Waals surface area (Å²) in [5.41, 5.74) is 4.10. The first-order valence-electron chi connectivity index (χ1n) is 12.7. The molecule has 0 saturated carbocycles. The summed E-state index contributed by atoms with van der Waals surface area (Å²) in [5, 5.41) is 7.44. The molecule has 1 amide bonds. The number of ether oxygens (including phenoxy) is 1. The second-order valence-electron chi connectivity index (χ2n) is 11.0. The molecule has 1 aliphatic heterocycles. The largest absolute Gasteiger partial charge is 0.492 e. The number of para-hydroxylation sites is 1. The Hall–Kier alpha value is -3.04. The van der Waals surface area contributed by atoms with Crippen LogP contribution in [0.25, 0.3) is 10.9 Å². The number of hydrogen-bond acceptors (Lipinski definition) is 5. The lowest BCUT2D eigenvalue weighted by Gasteiger charge is -2.24. The normalized spacial score (nSPS) is 15.1. The summed E-state index contributed by atoms with van der Waals surface area (Å²) in [5.74, 6) is 0.600. The lowest BCUT2D eigenvalue weighted by Crippen LogP contribution is -2.28. The van der Waals surface area contributed by atoms with Crippen molar-refractivity contribution >= 4 is 38.2 Å². The number of hydrogen-bond donors (Lipinski definition) is 3. The Balaban J connectivity index is 1.72. The van der Waals surface area contributed by atoms with Crippen molar-refractivity contribution in [2.24, 2.45) is 13.0 Å². The second-order valence-corrected chi connectivity index (χ2v) is 12.8. The van der Waals surface area contributed by atoms with Crippen molar-refractivity contribution < 1.29 is 17.9 Å². The third-order valence-electron chi connectivity index (χ3n) is 7.04. The molecule has 1 saturated heterocycles. The highest BCUT2D eigenvalue weighted by molar-refractivity contribution is 7.92. The number of methoxy groups -OCH3 is 1. The van der Waals surface area contributed by atoms with Gasteiger partial charge in [-0.3, -0.25) is 9.52 Å². The molecule has 1 fully saturated rings. The van der Waals surface area contributed by atoms with Crippen molar-refractivity contribution in [1.82, 2.24) is 9.88 Å². The molecule has 0 atom stereocenters. The fraction of sp³-hybridized carbons (Fsp3) is 0.464. The first kappa shape index (κ1) is 27.0. The lowest BCUT2D eigenvalue weighted by molar-refractivity contribution is 0.101. The molecule has 2 heterocycles. The Bertz CT molecular complexity index is 1410. The second kappa shape index (κ2) is 10.4. The van der Waals surface area contributed by atoms with Gasteiger partial charge in [0.2, 0.25) is 10.0 Å². The fourth-order valence-corrected chi connectivity index (χ4v) is 5.67. The summed E-state index contributed by atoms with van der Waals surface area (Å²) in [7, 11) is -0.185.